The smallest absolute Gasteiger partial charge is 0.350 e. The van der Waals surface area contributed by atoms with E-state index in [1.807, 2.05) is 0 Å². The highest BCUT2D eigenvalue weighted by Crippen LogP contribution is 2.00. The quantitative estimate of drug-likeness (QED) is 0.518. The first-order chi connectivity index (χ1) is 6.75. The van der Waals surface area contributed by atoms with Gasteiger partial charge < -0.3 is 10.4 Å². The predicted octanol–water partition coefficient (Wildman–Crippen LogP) is -1.67. The molecule has 0 aliphatic rings. The van der Waals surface area contributed by atoms with Gasteiger partial charge in [0.05, 0.1) is 6.54 Å². The van der Waals surface area contributed by atoms with Crippen molar-refractivity contribution in [2.45, 2.75) is 5.76 Å². The van der Waals surface area contributed by atoms with Gasteiger partial charge in [0.25, 0.3) is 10.0 Å². The van der Waals surface area contributed by atoms with Crippen molar-refractivity contribution in [2.24, 2.45) is 0 Å². The molecule has 0 rings (SSSR count). The van der Waals surface area contributed by atoms with Crippen molar-refractivity contribution in [1.29, 1.82) is 0 Å². The van der Waals surface area contributed by atoms with E-state index < -0.39 is 40.7 Å². The molecule has 15 heavy (non-hydrogen) atoms. The number of nitrogens with one attached hydrogen (secondary N) is 2. The molecule has 0 bridgehead atoms. The van der Waals surface area contributed by atoms with Gasteiger partial charge in [-0.3, -0.25) is 9.59 Å². The second kappa shape index (κ2) is 5.56. The summed E-state index contributed by atoms with van der Waals surface area (Å²) >= 11 is 0. The minimum Gasteiger partial charge on any atom is -0.480 e. The highest BCUT2D eigenvalue weighted by atomic mass is 32.2. The number of alkyl halides is 2. The van der Waals surface area contributed by atoms with Crippen molar-refractivity contribution in [3.8, 4) is 0 Å². The van der Waals surface area contributed by atoms with Crippen molar-refractivity contribution in [3.05, 3.63) is 0 Å². The maximum Gasteiger partial charge on any atom is 0.350 e. The molecule has 0 aliphatic carbocycles. The van der Waals surface area contributed by atoms with Crippen LogP contribution in [0.4, 0.5) is 8.78 Å². The molecule has 0 atom stereocenters. The lowest BCUT2D eigenvalue weighted by Crippen LogP contribution is -2.40. The third kappa shape index (κ3) is 5.91. The molecular formula is C5H8F2N2O5S. The summed E-state index contributed by atoms with van der Waals surface area (Å²) in [6.07, 6.45) is 0. The van der Waals surface area contributed by atoms with Gasteiger partial charge >= 0.3 is 11.7 Å². The third-order valence-electron chi connectivity index (χ3n) is 1.11. The topological polar surface area (TPSA) is 113 Å². The van der Waals surface area contributed by atoms with Gasteiger partial charge in [-0.25, -0.2) is 13.1 Å². The van der Waals surface area contributed by atoms with E-state index in [0.717, 1.165) is 0 Å². The second-order valence-corrected chi connectivity index (χ2v) is 4.03. The number of carboxylic acid groups (broad SMARTS) is 1. The molecule has 0 saturated heterocycles. The maximum atomic E-state index is 11.7. The van der Waals surface area contributed by atoms with Crippen LogP contribution in [0, 0.1) is 0 Å². The summed E-state index contributed by atoms with van der Waals surface area (Å²) in [5.74, 6) is -5.98. The molecule has 0 spiro atoms. The summed E-state index contributed by atoms with van der Waals surface area (Å²) in [6, 6.07) is 0. The minimum absolute atomic E-state index is 0.713. The van der Waals surface area contributed by atoms with Crippen LogP contribution in [-0.2, 0) is 19.6 Å². The van der Waals surface area contributed by atoms with Crippen molar-refractivity contribution >= 4 is 21.9 Å². The number of rotatable bonds is 6. The van der Waals surface area contributed by atoms with Crippen LogP contribution in [0.2, 0.25) is 0 Å². The Hall–Kier alpha value is -1.29. The molecule has 0 heterocycles. The lowest BCUT2D eigenvalue weighted by molar-refractivity contribution is -0.137. The first kappa shape index (κ1) is 13.7. The first-order valence-electron chi connectivity index (χ1n) is 3.51. The Morgan fingerprint density at radius 3 is 2.20 bits per heavy atom. The van der Waals surface area contributed by atoms with Crippen LogP contribution < -0.4 is 10.0 Å². The van der Waals surface area contributed by atoms with E-state index in [1.165, 1.54) is 4.72 Å². The molecule has 0 aromatic carbocycles. The van der Waals surface area contributed by atoms with Gasteiger partial charge in [-0.1, -0.05) is 0 Å². The zero-order valence-electron chi connectivity index (χ0n) is 7.24. The van der Waals surface area contributed by atoms with Crippen LogP contribution in [0.15, 0.2) is 0 Å². The Bertz CT molecular complexity index is 341. The van der Waals surface area contributed by atoms with Crippen LogP contribution in [-0.4, -0.2) is 44.2 Å². The van der Waals surface area contributed by atoms with Crippen molar-refractivity contribution in [2.75, 3.05) is 13.1 Å². The Labute approximate surface area is 83.5 Å². The summed E-state index contributed by atoms with van der Waals surface area (Å²) in [6.45, 7) is -1.64. The van der Waals surface area contributed by atoms with Crippen molar-refractivity contribution in [1.82, 2.24) is 10.0 Å². The molecule has 7 nitrogen and oxygen atoms in total. The lowest BCUT2D eigenvalue weighted by atomic mass is 10.5. The summed E-state index contributed by atoms with van der Waals surface area (Å²) in [5.41, 5.74) is 0. The Morgan fingerprint density at radius 1 is 1.27 bits per heavy atom. The molecule has 0 radical (unpaired) electrons. The maximum absolute atomic E-state index is 11.7. The Morgan fingerprint density at radius 2 is 1.80 bits per heavy atom. The van der Waals surface area contributed by atoms with E-state index in [0.29, 0.717) is 0 Å². The van der Waals surface area contributed by atoms with Gasteiger partial charge in [-0.15, -0.1) is 0 Å². The van der Waals surface area contributed by atoms with E-state index in [-0.39, 0.29) is 0 Å². The largest absolute Gasteiger partial charge is 0.480 e. The molecule has 10 heteroatoms. The number of hydrogen-bond acceptors (Lipinski definition) is 4. The fourth-order valence-electron chi connectivity index (χ4n) is 0.466. The number of carbonyl (C=O) groups is 2. The molecule has 0 saturated carbocycles. The molecule has 3 N–H and O–H groups in total. The lowest BCUT2D eigenvalue weighted by Gasteiger charge is -2.05. The van der Waals surface area contributed by atoms with Gasteiger partial charge in [-0.2, -0.15) is 8.78 Å². The summed E-state index contributed by atoms with van der Waals surface area (Å²) in [5, 5.41) is 9.89. The van der Waals surface area contributed by atoms with E-state index in [4.69, 9.17) is 5.11 Å². The Balaban J connectivity index is 3.97. The fraction of sp³-hybridized carbons (Fsp3) is 0.600. The minimum atomic E-state index is -4.82. The number of halogens is 2. The van der Waals surface area contributed by atoms with E-state index >= 15 is 0 Å². The standard InChI is InChI=1S/C5H8F2N2O5S/c6-5(7)15(13,14)9-1-3(10)8-2-4(11)12/h5,9H,1-2H2,(H,8,10)(H,11,12). The molecule has 0 aromatic heterocycles. The molecule has 0 aromatic rings. The zero-order valence-corrected chi connectivity index (χ0v) is 8.05. The number of hydrogen-bond donors (Lipinski definition) is 3. The first-order valence-corrected chi connectivity index (χ1v) is 5.05. The van der Waals surface area contributed by atoms with Gasteiger partial charge in [0, 0.05) is 0 Å². The summed E-state index contributed by atoms with van der Waals surface area (Å²) in [4.78, 5) is 20.6. The fourth-order valence-corrected chi connectivity index (χ4v) is 0.924. The van der Waals surface area contributed by atoms with E-state index in [9.17, 15) is 26.8 Å². The molecule has 0 unspecified atom stereocenters. The average Bonchev–Trinajstić information content (AvgIpc) is 2.11. The normalized spacial score (nSPS) is 11.4. The number of carboxylic acids is 1. The summed E-state index contributed by atoms with van der Waals surface area (Å²) < 4.78 is 45.5. The second-order valence-electron chi connectivity index (χ2n) is 2.30. The van der Waals surface area contributed by atoms with E-state index in [1.54, 1.807) is 5.32 Å². The van der Waals surface area contributed by atoms with Crippen molar-refractivity contribution in [3.63, 3.8) is 0 Å². The molecule has 1 amide bonds. The van der Waals surface area contributed by atoms with Gasteiger partial charge in [0.15, 0.2) is 0 Å². The zero-order chi connectivity index (χ0) is 12.1. The third-order valence-corrected chi connectivity index (χ3v) is 2.12. The van der Waals surface area contributed by atoms with E-state index in [2.05, 4.69) is 0 Å². The van der Waals surface area contributed by atoms with Crippen LogP contribution in [0.1, 0.15) is 0 Å². The number of carbonyl (C=O) groups excluding carboxylic acids is 1. The molecular weight excluding hydrogens is 238 g/mol. The number of aliphatic carboxylic acids is 1. The Kier molecular flexibility index (Phi) is 5.08. The number of amides is 1. The average molecular weight is 246 g/mol. The van der Waals surface area contributed by atoms with Crippen LogP contribution in [0.3, 0.4) is 0 Å². The van der Waals surface area contributed by atoms with Gasteiger partial charge in [0.2, 0.25) is 5.91 Å². The predicted molar refractivity (Wildman–Crippen MR) is 43.6 cm³/mol. The monoisotopic (exact) mass is 246 g/mol. The SMILES string of the molecule is O=C(O)CNC(=O)CNS(=O)(=O)C(F)F. The highest BCUT2D eigenvalue weighted by Gasteiger charge is 2.24. The van der Waals surface area contributed by atoms with Gasteiger partial charge in [-0.05, 0) is 0 Å². The molecule has 88 valence electrons. The molecule has 0 aliphatic heterocycles. The molecule has 0 fully saturated rings. The van der Waals surface area contributed by atoms with Crippen molar-refractivity contribution < 1.29 is 31.9 Å². The number of sulfonamides is 1. The van der Waals surface area contributed by atoms with Crippen LogP contribution in [0.25, 0.3) is 0 Å². The highest BCUT2D eigenvalue weighted by molar-refractivity contribution is 7.89. The summed E-state index contributed by atoms with van der Waals surface area (Å²) in [7, 11) is -4.82. The van der Waals surface area contributed by atoms with Crippen LogP contribution in [0.5, 0.6) is 0 Å². The van der Waals surface area contributed by atoms with Gasteiger partial charge in [0.1, 0.15) is 6.54 Å². The van der Waals surface area contributed by atoms with Crippen LogP contribution >= 0.6 is 0 Å².